The smallest absolute Gasteiger partial charge is 0.350 e. The SMILES string of the molecule is CCOC(=O)c1sc2nc(-c3ccc(C)cc3)c(NCc3ccc(F)cc3)n2c1C. The lowest BCUT2D eigenvalue weighted by molar-refractivity contribution is 0.0531. The van der Waals surface area contributed by atoms with Crippen LogP contribution < -0.4 is 5.32 Å². The van der Waals surface area contributed by atoms with Gasteiger partial charge in [0.1, 0.15) is 22.2 Å². The van der Waals surface area contributed by atoms with E-state index in [2.05, 4.69) is 5.32 Å². The Balaban J connectivity index is 1.79. The van der Waals surface area contributed by atoms with Gasteiger partial charge in [-0.05, 0) is 38.5 Å². The van der Waals surface area contributed by atoms with Crippen LogP contribution in [0.15, 0.2) is 48.5 Å². The zero-order valence-corrected chi connectivity index (χ0v) is 17.8. The van der Waals surface area contributed by atoms with E-state index in [0.717, 1.165) is 28.3 Å². The molecular formula is C23H22FN3O2S. The third kappa shape index (κ3) is 3.80. The molecule has 2 aromatic carbocycles. The average Bonchev–Trinajstić information content (AvgIpc) is 3.25. The molecule has 1 N–H and O–H groups in total. The Morgan fingerprint density at radius 1 is 1.13 bits per heavy atom. The summed E-state index contributed by atoms with van der Waals surface area (Å²) in [5.41, 5.74) is 4.68. The number of esters is 1. The summed E-state index contributed by atoms with van der Waals surface area (Å²) in [6.07, 6.45) is 0. The Labute approximate surface area is 178 Å². The predicted octanol–water partition coefficient (Wildman–Crippen LogP) is 5.61. The molecule has 0 saturated heterocycles. The van der Waals surface area contributed by atoms with Gasteiger partial charge < -0.3 is 10.1 Å². The third-order valence-corrected chi connectivity index (χ3v) is 5.99. The number of hydrogen-bond acceptors (Lipinski definition) is 5. The molecule has 0 atom stereocenters. The van der Waals surface area contributed by atoms with E-state index in [1.165, 1.54) is 29.0 Å². The summed E-state index contributed by atoms with van der Waals surface area (Å²) in [7, 11) is 0. The van der Waals surface area contributed by atoms with Gasteiger partial charge in [-0.3, -0.25) is 4.40 Å². The van der Waals surface area contributed by atoms with Crippen molar-refractivity contribution in [1.82, 2.24) is 9.38 Å². The van der Waals surface area contributed by atoms with Crippen LogP contribution in [-0.2, 0) is 11.3 Å². The van der Waals surface area contributed by atoms with Gasteiger partial charge in [-0.15, -0.1) is 0 Å². The van der Waals surface area contributed by atoms with Crippen LogP contribution in [0.4, 0.5) is 10.2 Å². The summed E-state index contributed by atoms with van der Waals surface area (Å²) in [6, 6.07) is 14.5. The summed E-state index contributed by atoms with van der Waals surface area (Å²) >= 11 is 1.32. The van der Waals surface area contributed by atoms with Crippen LogP contribution in [0.5, 0.6) is 0 Å². The van der Waals surface area contributed by atoms with Crippen LogP contribution in [0.25, 0.3) is 16.2 Å². The summed E-state index contributed by atoms with van der Waals surface area (Å²) in [6.45, 7) is 6.54. The fourth-order valence-corrected chi connectivity index (χ4v) is 4.32. The van der Waals surface area contributed by atoms with Gasteiger partial charge in [0.05, 0.1) is 6.61 Å². The van der Waals surface area contributed by atoms with Crippen molar-refractivity contribution in [2.75, 3.05) is 11.9 Å². The van der Waals surface area contributed by atoms with Crippen molar-refractivity contribution in [3.8, 4) is 11.3 Å². The topological polar surface area (TPSA) is 55.6 Å². The Hall–Kier alpha value is -3.19. The second-order valence-corrected chi connectivity index (χ2v) is 7.99. The molecule has 2 heterocycles. The Morgan fingerprint density at radius 2 is 1.83 bits per heavy atom. The van der Waals surface area contributed by atoms with Crippen molar-refractivity contribution in [3.63, 3.8) is 0 Å². The predicted molar refractivity (Wildman–Crippen MR) is 118 cm³/mol. The lowest BCUT2D eigenvalue weighted by Gasteiger charge is -2.10. The van der Waals surface area contributed by atoms with Crippen LogP contribution in [-0.4, -0.2) is 22.0 Å². The summed E-state index contributed by atoms with van der Waals surface area (Å²) in [4.78, 5) is 18.4. The number of fused-ring (bicyclic) bond motifs is 1. The van der Waals surface area contributed by atoms with Crippen LogP contribution >= 0.6 is 11.3 Å². The van der Waals surface area contributed by atoms with E-state index in [1.807, 2.05) is 42.5 Å². The van der Waals surface area contributed by atoms with Crippen LogP contribution in [0.1, 0.15) is 33.4 Å². The van der Waals surface area contributed by atoms with Crippen LogP contribution in [0, 0.1) is 19.7 Å². The largest absolute Gasteiger partial charge is 0.462 e. The van der Waals surface area contributed by atoms with Gasteiger partial charge in [0.25, 0.3) is 0 Å². The lowest BCUT2D eigenvalue weighted by atomic mass is 10.1. The molecule has 4 rings (SSSR count). The molecule has 7 heteroatoms. The minimum absolute atomic E-state index is 0.265. The maximum Gasteiger partial charge on any atom is 0.350 e. The molecule has 154 valence electrons. The number of halogens is 1. The van der Waals surface area contributed by atoms with E-state index < -0.39 is 0 Å². The first-order valence-electron chi connectivity index (χ1n) is 9.72. The van der Waals surface area contributed by atoms with E-state index in [4.69, 9.17) is 9.72 Å². The van der Waals surface area contributed by atoms with Gasteiger partial charge in [-0.1, -0.05) is 53.3 Å². The number of anilines is 1. The molecule has 0 fully saturated rings. The van der Waals surface area contributed by atoms with Crippen molar-refractivity contribution in [2.24, 2.45) is 0 Å². The van der Waals surface area contributed by atoms with Crippen molar-refractivity contribution in [2.45, 2.75) is 27.3 Å². The molecule has 0 spiro atoms. The quantitative estimate of drug-likeness (QED) is 0.410. The molecule has 0 unspecified atom stereocenters. The highest BCUT2D eigenvalue weighted by molar-refractivity contribution is 7.19. The molecule has 30 heavy (non-hydrogen) atoms. The summed E-state index contributed by atoms with van der Waals surface area (Å²) in [5.74, 6) is 0.188. The molecule has 2 aromatic heterocycles. The van der Waals surface area contributed by atoms with E-state index in [-0.39, 0.29) is 11.8 Å². The van der Waals surface area contributed by atoms with Crippen molar-refractivity contribution in [3.05, 3.63) is 76.0 Å². The van der Waals surface area contributed by atoms with Gasteiger partial charge in [-0.25, -0.2) is 14.2 Å². The summed E-state index contributed by atoms with van der Waals surface area (Å²) in [5, 5.41) is 3.44. The van der Waals surface area contributed by atoms with E-state index >= 15 is 0 Å². The van der Waals surface area contributed by atoms with Gasteiger partial charge in [-0.2, -0.15) is 0 Å². The normalized spacial score (nSPS) is 11.1. The van der Waals surface area contributed by atoms with Gasteiger partial charge >= 0.3 is 5.97 Å². The van der Waals surface area contributed by atoms with E-state index in [9.17, 15) is 9.18 Å². The zero-order valence-electron chi connectivity index (χ0n) is 17.0. The second kappa shape index (κ2) is 8.28. The number of nitrogens with one attached hydrogen (secondary N) is 1. The number of hydrogen-bond donors (Lipinski definition) is 1. The molecule has 0 radical (unpaired) electrons. The zero-order chi connectivity index (χ0) is 21.3. The maximum atomic E-state index is 13.2. The molecule has 0 aliphatic rings. The van der Waals surface area contributed by atoms with Crippen LogP contribution in [0.3, 0.4) is 0 Å². The first kappa shape index (κ1) is 20.1. The highest BCUT2D eigenvalue weighted by Crippen LogP contribution is 2.35. The summed E-state index contributed by atoms with van der Waals surface area (Å²) < 4.78 is 20.4. The highest BCUT2D eigenvalue weighted by Gasteiger charge is 2.23. The van der Waals surface area contributed by atoms with Gasteiger partial charge in [0, 0.05) is 17.8 Å². The first-order valence-corrected chi connectivity index (χ1v) is 10.5. The Bertz CT molecular complexity index is 1190. The number of ether oxygens (including phenoxy) is 1. The minimum Gasteiger partial charge on any atom is -0.462 e. The van der Waals surface area contributed by atoms with Crippen molar-refractivity contribution in [1.29, 1.82) is 0 Å². The number of rotatable bonds is 6. The maximum absolute atomic E-state index is 13.2. The van der Waals surface area contributed by atoms with Gasteiger partial charge in [0.2, 0.25) is 0 Å². The molecular weight excluding hydrogens is 401 g/mol. The second-order valence-electron chi connectivity index (χ2n) is 7.01. The third-order valence-electron chi connectivity index (χ3n) is 4.86. The monoisotopic (exact) mass is 423 g/mol. The van der Waals surface area contributed by atoms with Crippen LogP contribution in [0.2, 0.25) is 0 Å². The van der Waals surface area contributed by atoms with Gasteiger partial charge in [0.15, 0.2) is 4.96 Å². The molecule has 0 amide bonds. The first-order chi connectivity index (χ1) is 14.5. The number of aryl methyl sites for hydroxylation is 2. The van der Waals surface area contributed by atoms with Crippen molar-refractivity contribution < 1.29 is 13.9 Å². The number of imidazole rings is 1. The number of thiazole rings is 1. The number of nitrogens with zero attached hydrogens (tertiary/aromatic N) is 2. The van der Waals surface area contributed by atoms with E-state index in [0.29, 0.717) is 23.0 Å². The molecule has 0 aliphatic carbocycles. The van der Waals surface area contributed by atoms with Crippen molar-refractivity contribution >= 4 is 28.1 Å². The standard InChI is InChI=1S/C23H22FN3O2S/c1-4-29-22(28)20-15(3)27-21(25-13-16-7-11-18(24)12-8-16)19(26-23(27)30-20)17-9-5-14(2)6-10-17/h5-12,25H,4,13H2,1-3H3. The minimum atomic E-state index is -0.341. The number of aromatic nitrogens is 2. The highest BCUT2D eigenvalue weighted by atomic mass is 32.1. The molecule has 0 aliphatic heterocycles. The molecule has 5 nitrogen and oxygen atoms in total. The number of carbonyl (C=O) groups excluding carboxylic acids is 1. The number of benzene rings is 2. The number of carbonyl (C=O) groups is 1. The Morgan fingerprint density at radius 3 is 2.50 bits per heavy atom. The average molecular weight is 424 g/mol. The van der Waals surface area contributed by atoms with E-state index in [1.54, 1.807) is 19.1 Å². The molecule has 0 saturated carbocycles. The fourth-order valence-electron chi connectivity index (χ4n) is 3.30. The fraction of sp³-hybridized carbons (Fsp3) is 0.217. The molecule has 4 aromatic rings. The Kier molecular flexibility index (Phi) is 5.55. The lowest BCUT2D eigenvalue weighted by Crippen LogP contribution is -2.07. The molecule has 0 bridgehead atoms.